The minimum atomic E-state index is -0.0801. The zero-order valence-corrected chi connectivity index (χ0v) is 22.4. The Bertz CT molecular complexity index is 1540. The van der Waals surface area contributed by atoms with Gasteiger partial charge in [-0.05, 0) is 77.3 Å². The fraction of sp³-hybridized carbons (Fsp3) is 0.235. The number of ether oxygens (including phenoxy) is 2. The van der Waals surface area contributed by atoms with Crippen molar-refractivity contribution < 1.29 is 14.3 Å². The Labute approximate surface area is 230 Å². The lowest BCUT2D eigenvalue weighted by molar-refractivity contribution is -0.119. The number of rotatable bonds is 9. The second-order valence-electron chi connectivity index (χ2n) is 9.92. The molecule has 0 spiro atoms. The summed E-state index contributed by atoms with van der Waals surface area (Å²) in [6.07, 6.45) is 2.89. The zero-order chi connectivity index (χ0) is 27.2. The van der Waals surface area contributed by atoms with Crippen LogP contribution in [0.3, 0.4) is 0 Å². The Balaban J connectivity index is 1.44. The molecule has 1 aliphatic rings. The van der Waals surface area contributed by atoms with Crippen LogP contribution in [-0.4, -0.2) is 5.91 Å². The van der Waals surface area contributed by atoms with Crippen LogP contribution in [0.1, 0.15) is 52.3 Å². The maximum atomic E-state index is 11.8. The van der Waals surface area contributed by atoms with E-state index in [1.807, 2.05) is 30.3 Å². The highest BCUT2D eigenvalue weighted by atomic mass is 16.5. The molecule has 1 amide bonds. The quantitative estimate of drug-likeness (QED) is 0.265. The predicted molar refractivity (Wildman–Crippen MR) is 152 cm³/mol. The highest BCUT2D eigenvalue weighted by Gasteiger charge is 2.24. The molecule has 0 saturated carbocycles. The number of carbonyl (C=O) groups is 1. The average molecular weight is 517 g/mol. The molecule has 0 unspecified atom stereocenters. The lowest BCUT2D eigenvalue weighted by atomic mass is 9.97. The van der Waals surface area contributed by atoms with Crippen LogP contribution in [0.25, 0.3) is 11.1 Å². The first-order chi connectivity index (χ1) is 19.0. The molecule has 196 valence electrons. The Morgan fingerprint density at radius 3 is 2.46 bits per heavy atom. The molecular weight excluding hydrogens is 484 g/mol. The molecule has 5 rings (SSSR count). The molecule has 39 heavy (non-hydrogen) atoms. The number of amides is 1. The Morgan fingerprint density at radius 2 is 1.67 bits per heavy atom. The molecule has 1 aliphatic carbocycles. The van der Waals surface area contributed by atoms with Gasteiger partial charge in [0.05, 0.1) is 11.6 Å². The standard InChI is InChI=1S/C34H32N2O3/c1-23-28(13-7-14-29(23)27-11-4-3-5-12-27)22-39-33-18-34(38-21-26-10-6-9-25(17-26)19-35)32(20-36-24(2)37)30-15-8-16-31(30)33/h3-7,9-14,17-18H,8,15-16,20-22H2,1-2H3,(H,36,37). The minimum Gasteiger partial charge on any atom is -0.488 e. The number of carbonyl (C=O) groups excluding carboxylic acids is 1. The van der Waals surface area contributed by atoms with Gasteiger partial charge in [0.15, 0.2) is 0 Å². The number of nitriles is 1. The van der Waals surface area contributed by atoms with E-state index in [2.05, 4.69) is 60.8 Å². The first-order valence-electron chi connectivity index (χ1n) is 13.3. The van der Waals surface area contributed by atoms with E-state index in [9.17, 15) is 10.1 Å². The highest BCUT2D eigenvalue weighted by molar-refractivity contribution is 5.73. The van der Waals surface area contributed by atoms with Gasteiger partial charge in [0.2, 0.25) is 5.91 Å². The van der Waals surface area contributed by atoms with E-state index >= 15 is 0 Å². The maximum absolute atomic E-state index is 11.8. The van der Waals surface area contributed by atoms with Gasteiger partial charge < -0.3 is 14.8 Å². The Hall–Kier alpha value is -4.56. The normalized spacial score (nSPS) is 11.9. The van der Waals surface area contributed by atoms with Crippen molar-refractivity contribution in [1.29, 1.82) is 5.26 Å². The van der Waals surface area contributed by atoms with Crippen LogP contribution in [0.5, 0.6) is 11.5 Å². The first kappa shape index (κ1) is 26.1. The van der Waals surface area contributed by atoms with E-state index in [0.29, 0.717) is 31.1 Å². The molecule has 0 aromatic heterocycles. The van der Waals surface area contributed by atoms with Gasteiger partial charge in [-0.15, -0.1) is 0 Å². The molecule has 4 aromatic carbocycles. The van der Waals surface area contributed by atoms with Crippen molar-refractivity contribution in [2.75, 3.05) is 0 Å². The van der Waals surface area contributed by atoms with Gasteiger partial charge in [-0.25, -0.2) is 0 Å². The third-order valence-corrected chi connectivity index (χ3v) is 7.32. The van der Waals surface area contributed by atoms with E-state index in [-0.39, 0.29) is 5.91 Å². The summed E-state index contributed by atoms with van der Waals surface area (Å²) in [4.78, 5) is 11.8. The van der Waals surface area contributed by atoms with Gasteiger partial charge in [-0.3, -0.25) is 4.79 Å². The van der Waals surface area contributed by atoms with Crippen LogP contribution in [0.15, 0.2) is 78.9 Å². The first-order valence-corrected chi connectivity index (χ1v) is 13.3. The number of hydrogen-bond acceptors (Lipinski definition) is 4. The summed E-state index contributed by atoms with van der Waals surface area (Å²) >= 11 is 0. The van der Waals surface area contributed by atoms with Crippen molar-refractivity contribution in [3.63, 3.8) is 0 Å². The predicted octanol–water partition coefficient (Wildman–Crippen LogP) is 6.82. The van der Waals surface area contributed by atoms with Gasteiger partial charge >= 0.3 is 0 Å². The molecule has 0 bridgehead atoms. The van der Waals surface area contributed by atoms with Gasteiger partial charge in [-0.1, -0.05) is 60.7 Å². The van der Waals surface area contributed by atoms with E-state index in [1.54, 1.807) is 6.07 Å². The molecule has 0 saturated heterocycles. The average Bonchev–Trinajstić information content (AvgIpc) is 3.45. The summed E-state index contributed by atoms with van der Waals surface area (Å²) in [7, 11) is 0. The van der Waals surface area contributed by atoms with Crippen molar-refractivity contribution in [2.45, 2.75) is 52.9 Å². The largest absolute Gasteiger partial charge is 0.488 e. The summed E-state index contributed by atoms with van der Waals surface area (Å²) < 4.78 is 12.8. The van der Waals surface area contributed by atoms with Crippen LogP contribution in [0.4, 0.5) is 0 Å². The summed E-state index contributed by atoms with van der Waals surface area (Å²) in [5.74, 6) is 1.46. The van der Waals surface area contributed by atoms with Gasteiger partial charge in [-0.2, -0.15) is 5.26 Å². The summed E-state index contributed by atoms with van der Waals surface area (Å²) in [6, 6.07) is 28.3. The van der Waals surface area contributed by atoms with Crippen molar-refractivity contribution in [3.8, 4) is 28.7 Å². The SMILES string of the molecule is CC(=O)NCc1c(OCc2cccc(C#N)c2)cc(OCc2cccc(-c3ccccc3)c2C)c2c1CCC2. The van der Waals surface area contributed by atoms with Crippen molar-refractivity contribution in [3.05, 3.63) is 118 Å². The van der Waals surface area contributed by atoms with E-state index in [1.165, 1.54) is 34.7 Å². The number of nitrogens with zero attached hydrogens (tertiary/aromatic N) is 1. The molecule has 0 aliphatic heterocycles. The third-order valence-electron chi connectivity index (χ3n) is 7.32. The highest BCUT2D eigenvalue weighted by Crippen LogP contribution is 2.40. The zero-order valence-electron chi connectivity index (χ0n) is 22.4. The number of benzene rings is 4. The molecule has 1 N–H and O–H groups in total. The lowest BCUT2D eigenvalue weighted by Crippen LogP contribution is -2.20. The second-order valence-corrected chi connectivity index (χ2v) is 9.92. The van der Waals surface area contributed by atoms with Crippen LogP contribution in [0.2, 0.25) is 0 Å². The molecule has 5 heteroatoms. The fourth-order valence-electron chi connectivity index (χ4n) is 5.27. The van der Waals surface area contributed by atoms with Crippen LogP contribution in [0, 0.1) is 18.3 Å². The molecular formula is C34H32N2O3. The number of fused-ring (bicyclic) bond motifs is 1. The summed E-state index contributed by atoms with van der Waals surface area (Å²) in [6.45, 7) is 4.85. The van der Waals surface area contributed by atoms with Gasteiger partial charge in [0.1, 0.15) is 24.7 Å². The van der Waals surface area contributed by atoms with E-state index in [4.69, 9.17) is 9.47 Å². The molecule has 0 atom stereocenters. The van der Waals surface area contributed by atoms with Crippen LogP contribution < -0.4 is 14.8 Å². The van der Waals surface area contributed by atoms with Crippen LogP contribution >= 0.6 is 0 Å². The second kappa shape index (κ2) is 11.9. The summed E-state index contributed by atoms with van der Waals surface area (Å²) in [5, 5.41) is 12.2. The Morgan fingerprint density at radius 1 is 0.897 bits per heavy atom. The maximum Gasteiger partial charge on any atom is 0.217 e. The molecule has 5 nitrogen and oxygen atoms in total. The van der Waals surface area contributed by atoms with Crippen molar-refractivity contribution in [2.24, 2.45) is 0 Å². The van der Waals surface area contributed by atoms with Gasteiger partial charge in [0, 0.05) is 25.1 Å². The summed E-state index contributed by atoms with van der Waals surface area (Å²) in [5.41, 5.74) is 9.66. The van der Waals surface area contributed by atoms with E-state index in [0.717, 1.165) is 41.7 Å². The van der Waals surface area contributed by atoms with Crippen molar-refractivity contribution in [1.82, 2.24) is 5.32 Å². The minimum absolute atomic E-state index is 0.0801. The molecule has 0 fully saturated rings. The third kappa shape index (κ3) is 5.97. The van der Waals surface area contributed by atoms with Crippen molar-refractivity contribution >= 4 is 5.91 Å². The smallest absolute Gasteiger partial charge is 0.217 e. The molecule has 4 aromatic rings. The van der Waals surface area contributed by atoms with Crippen LogP contribution in [-0.2, 0) is 37.4 Å². The number of hydrogen-bond donors (Lipinski definition) is 1. The topological polar surface area (TPSA) is 71.3 Å². The fourth-order valence-corrected chi connectivity index (χ4v) is 5.27. The number of nitrogens with one attached hydrogen (secondary N) is 1. The van der Waals surface area contributed by atoms with Gasteiger partial charge in [0.25, 0.3) is 0 Å². The Kier molecular flexibility index (Phi) is 7.94. The molecule has 0 heterocycles. The lowest BCUT2D eigenvalue weighted by Gasteiger charge is -2.20. The van der Waals surface area contributed by atoms with E-state index < -0.39 is 0 Å². The molecule has 0 radical (unpaired) electrons. The monoisotopic (exact) mass is 516 g/mol.